The molecule has 0 aromatic carbocycles. The summed E-state index contributed by atoms with van der Waals surface area (Å²) in [7, 11) is 2.05. The fourth-order valence-corrected chi connectivity index (χ4v) is 3.35. The molecule has 1 aromatic rings. The van der Waals surface area contributed by atoms with Crippen LogP contribution in [0.3, 0.4) is 0 Å². The van der Waals surface area contributed by atoms with Gasteiger partial charge in [0.1, 0.15) is 0 Å². The average Bonchev–Trinajstić information content (AvgIpc) is 2.97. The number of rotatable bonds is 7. The number of hydrogen-bond acceptors (Lipinski definition) is 2. The first kappa shape index (κ1) is 14.6. The Morgan fingerprint density at radius 3 is 2.74 bits per heavy atom. The molecule has 1 N–H and O–H groups in total. The maximum atomic E-state index is 4.81. The Morgan fingerprint density at radius 1 is 1.37 bits per heavy atom. The minimum atomic E-state index is 0.668. The van der Waals surface area contributed by atoms with Gasteiger partial charge in [-0.2, -0.15) is 5.10 Å². The third-order valence-electron chi connectivity index (χ3n) is 4.16. The molecule has 0 aliphatic heterocycles. The predicted octanol–water partition coefficient (Wildman–Crippen LogP) is 3.42. The highest BCUT2D eigenvalue weighted by Gasteiger charge is 2.18. The van der Waals surface area contributed by atoms with Crippen LogP contribution in [0.2, 0.25) is 0 Å². The molecular weight excluding hydrogens is 234 g/mol. The van der Waals surface area contributed by atoms with Crippen LogP contribution >= 0.6 is 0 Å². The first-order valence-corrected chi connectivity index (χ1v) is 7.87. The van der Waals surface area contributed by atoms with Crippen molar-refractivity contribution in [2.24, 2.45) is 11.8 Å². The zero-order valence-corrected chi connectivity index (χ0v) is 12.7. The second-order valence-electron chi connectivity index (χ2n) is 6.48. The van der Waals surface area contributed by atoms with E-state index in [9.17, 15) is 0 Å². The van der Waals surface area contributed by atoms with Gasteiger partial charge in [0.25, 0.3) is 0 Å². The Hall–Kier alpha value is -0.830. The maximum absolute atomic E-state index is 4.81. The van der Waals surface area contributed by atoms with E-state index < -0.39 is 0 Å². The lowest BCUT2D eigenvalue weighted by Crippen LogP contribution is -2.22. The summed E-state index contributed by atoms with van der Waals surface area (Å²) in [6.45, 7) is 5.70. The van der Waals surface area contributed by atoms with Gasteiger partial charge in [-0.1, -0.05) is 26.7 Å². The highest BCUT2D eigenvalue weighted by Crippen LogP contribution is 2.29. The van der Waals surface area contributed by atoms with Crippen LogP contribution < -0.4 is 5.32 Å². The van der Waals surface area contributed by atoms with Gasteiger partial charge in [-0.3, -0.25) is 4.68 Å². The smallest absolute Gasteiger partial charge is 0.0627 e. The van der Waals surface area contributed by atoms with Crippen LogP contribution in [0.15, 0.2) is 12.3 Å². The summed E-state index contributed by atoms with van der Waals surface area (Å²) >= 11 is 0. The molecule has 0 amide bonds. The SMILES string of the molecule is CNCC(Cc1ccn(C2CCCC2)n1)CC(C)C. The topological polar surface area (TPSA) is 29.9 Å². The molecule has 19 heavy (non-hydrogen) atoms. The van der Waals surface area contributed by atoms with E-state index in [0.717, 1.165) is 18.9 Å². The highest BCUT2D eigenvalue weighted by atomic mass is 15.3. The van der Waals surface area contributed by atoms with Crippen LogP contribution in [0.1, 0.15) is 57.7 Å². The van der Waals surface area contributed by atoms with Gasteiger partial charge in [0, 0.05) is 6.20 Å². The van der Waals surface area contributed by atoms with E-state index in [4.69, 9.17) is 5.10 Å². The third-order valence-corrected chi connectivity index (χ3v) is 4.16. The van der Waals surface area contributed by atoms with E-state index >= 15 is 0 Å². The first-order valence-electron chi connectivity index (χ1n) is 7.87. The molecule has 0 saturated heterocycles. The quantitative estimate of drug-likeness (QED) is 0.817. The van der Waals surface area contributed by atoms with Crippen LogP contribution in [-0.2, 0) is 6.42 Å². The standard InChI is InChI=1S/C16H29N3/c1-13(2)10-14(12-17-3)11-15-8-9-19(18-15)16-6-4-5-7-16/h8-9,13-14,16-17H,4-7,10-12H2,1-3H3. The van der Waals surface area contributed by atoms with Crippen molar-refractivity contribution in [2.45, 2.75) is 58.4 Å². The number of hydrogen-bond donors (Lipinski definition) is 1. The highest BCUT2D eigenvalue weighted by molar-refractivity contribution is 5.02. The van der Waals surface area contributed by atoms with Crippen molar-refractivity contribution >= 4 is 0 Å². The summed E-state index contributed by atoms with van der Waals surface area (Å²) in [5, 5.41) is 8.13. The summed E-state index contributed by atoms with van der Waals surface area (Å²) in [6.07, 6.45) is 9.94. The second kappa shape index (κ2) is 7.09. The van der Waals surface area contributed by atoms with E-state index in [1.807, 2.05) is 7.05 Å². The summed E-state index contributed by atoms with van der Waals surface area (Å²) in [6, 6.07) is 2.89. The van der Waals surface area contributed by atoms with E-state index in [1.165, 1.54) is 37.8 Å². The lowest BCUT2D eigenvalue weighted by molar-refractivity contribution is 0.387. The lowest BCUT2D eigenvalue weighted by atomic mass is 9.93. The molecule has 2 rings (SSSR count). The van der Waals surface area contributed by atoms with Gasteiger partial charge in [0.05, 0.1) is 11.7 Å². The number of nitrogens with one attached hydrogen (secondary N) is 1. The zero-order chi connectivity index (χ0) is 13.7. The first-order chi connectivity index (χ1) is 9.19. The molecule has 3 heteroatoms. The van der Waals surface area contributed by atoms with Crippen molar-refractivity contribution in [3.63, 3.8) is 0 Å². The van der Waals surface area contributed by atoms with Crippen LogP contribution in [0.4, 0.5) is 0 Å². The van der Waals surface area contributed by atoms with Crippen molar-refractivity contribution < 1.29 is 0 Å². The molecule has 0 spiro atoms. The van der Waals surface area contributed by atoms with Gasteiger partial charge in [0.2, 0.25) is 0 Å². The van der Waals surface area contributed by atoms with Crippen LogP contribution in [0, 0.1) is 11.8 Å². The molecule has 0 radical (unpaired) electrons. The maximum Gasteiger partial charge on any atom is 0.0627 e. The molecule has 1 unspecified atom stereocenters. The molecule has 1 heterocycles. The number of nitrogens with zero attached hydrogens (tertiary/aromatic N) is 2. The van der Waals surface area contributed by atoms with Gasteiger partial charge < -0.3 is 5.32 Å². The molecule has 1 fully saturated rings. The zero-order valence-electron chi connectivity index (χ0n) is 12.7. The monoisotopic (exact) mass is 263 g/mol. The Kier molecular flexibility index (Phi) is 5.44. The molecule has 1 atom stereocenters. The predicted molar refractivity (Wildman–Crippen MR) is 80.3 cm³/mol. The summed E-state index contributed by atoms with van der Waals surface area (Å²) in [4.78, 5) is 0. The van der Waals surface area contributed by atoms with Gasteiger partial charge in [0.15, 0.2) is 0 Å². The fourth-order valence-electron chi connectivity index (χ4n) is 3.35. The van der Waals surface area contributed by atoms with E-state index in [0.29, 0.717) is 12.0 Å². The molecule has 3 nitrogen and oxygen atoms in total. The Labute approximate surface area is 117 Å². The molecule has 108 valence electrons. The lowest BCUT2D eigenvalue weighted by Gasteiger charge is -2.17. The minimum Gasteiger partial charge on any atom is -0.319 e. The van der Waals surface area contributed by atoms with Gasteiger partial charge >= 0.3 is 0 Å². The molecule has 1 aromatic heterocycles. The summed E-state index contributed by atoms with van der Waals surface area (Å²) in [5.74, 6) is 1.46. The normalized spacial score (nSPS) is 18.3. The van der Waals surface area contributed by atoms with Crippen LogP contribution in [0.25, 0.3) is 0 Å². The van der Waals surface area contributed by atoms with Crippen molar-refractivity contribution in [1.29, 1.82) is 0 Å². The summed E-state index contributed by atoms with van der Waals surface area (Å²) < 4.78 is 2.22. The molecule has 1 aliphatic carbocycles. The van der Waals surface area contributed by atoms with E-state index in [2.05, 4.69) is 36.1 Å². The van der Waals surface area contributed by atoms with Gasteiger partial charge in [-0.15, -0.1) is 0 Å². The minimum absolute atomic E-state index is 0.668. The fraction of sp³-hybridized carbons (Fsp3) is 0.812. The second-order valence-corrected chi connectivity index (χ2v) is 6.48. The summed E-state index contributed by atoms with van der Waals surface area (Å²) in [5.41, 5.74) is 1.27. The molecule has 1 aliphatic rings. The Morgan fingerprint density at radius 2 is 2.11 bits per heavy atom. The van der Waals surface area contributed by atoms with E-state index in [-0.39, 0.29) is 0 Å². The van der Waals surface area contributed by atoms with Crippen LogP contribution in [0.5, 0.6) is 0 Å². The number of aromatic nitrogens is 2. The van der Waals surface area contributed by atoms with Crippen molar-refractivity contribution in [3.8, 4) is 0 Å². The van der Waals surface area contributed by atoms with Crippen molar-refractivity contribution in [2.75, 3.05) is 13.6 Å². The van der Waals surface area contributed by atoms with Crippen molar-refractivity contribution in [3.05, 3.63) is 18.0 Å². The van der Waals surface area contributed by atoms with Gasteiger partial charge in [-0.05, 0) is 57.2 Å². The third kappa shape index (κ3) is 4.34. The Balaban J connectivity index is 1.92. The molecular formula is C16H29N3. The average molecular weight is 263 g/mol. The van der Waals surface area contributed by atoms with Crippen LogP contribution in [-0.4, -0.2) is 23.4 Å². The van der Waals surface area contributed by atoms with E-state index in [1.54, 1.807) is 0 Å². The van der Waals surface area contributed by atoms with Gasteiger partial charge in [-0.25, -0.2) is 0 Å². The largest absolute Gasteiger partial charge is 0.319 e. The molecule has 0 bridgehead atoms. The Bertz CT molecular complexity index is 364. The van der Waals surface area contributed by atoms with Crippen molar-refractivity contribution in [1.82, 2.24) is 15.1 Å². The molecule has 1 saturated carbocycles.